The lowest BCUT2D eigenvalue weighted by molar-refractivity contribution is -0.385. The third-order valence-corrected chi connectivity index (χ3v) is 4.74. The molecule has 3 aromatic carbocycles. The molecular formula is C19H12N4O6. The maximum atomic E-state index is 11.2. The first-order valence-corrected chi connectivity index (χ1v) is 8.43. The standard InChI is InChI=1S/C19H12N4O6/c24-21(25)13-3-1-12(2-4-13)11-20-18-7-5-14(22(26)27)9-16(18)17-10-15(23(28)29)6-8-19(17)20/h1-10H,11H2. The summed E-state index contributed by atoms with van der Waals surface area (Å²) in [6, 6.07) is 14.8. The zero-order chi connectivity index (χ0) is 20.7. The van der Waals surface area contributed by atoms with Gasteiger partial charge in [0.15, 0.2) is 0 Å². The Morgan fingerprint density at radius 3 is 1.45 bits per heavy atom. The van der Waals surface area contributed by atoms with Gasteiger partial charge in [0.05, 0.1) is 14.8 Å². The monoisotopic (exact) mass is 392 g/mol. The minimum atomic E-state index is -0.518. The summed E-state index contributed by atoms with van der Waals surface area (Å²) in [5.74, 6) is 0. The Morgan fingerprint density at radius 2 is 1.03 bits per heavy atom. The van der Waals surface area contributed by atoms with E-state index in [9.17, 15) is 30.3 Å². The van der Waals surface area contributed by atoms with Crippen LogP contribution < -0.4 is 0 Å². The lowest BCUT2D eigenvalue weighted by Crippen LogP contribution is -2.00. The molecule has 0 saturated heterocycles. The van der Waals surface area contributed by atoms with Gasteiger partial charge in [-0.2, -0.15) is 0 Å². The van der Waals surface area contributed by atoms with Crippen LogP contribution in [0.15, 0.2) is 60.7 Å². The topological polar surface area (TPSA) is 134 Å². The molecule has 0 unspecified atom stereocenters. The molecule has 0 amide bonds. The van der Waals surface area contributed by atoms with Crippen LogP contribution in [-0.2, 0) is 6.54 Å². The SMILES string of the molecule is O=[N+]([O-])c1ccc(Cn2c3ccc([N+](=O)[O-])cc3c3cc([N+](=O)[O-])ccc32)cc1. The lowest BCUT2D eigenvalue weighted by Gasteiger charge is -2.08. The number of nitrogens with zero attached hydrogens (tertiary/aromatic N) is 4. The van der Waals surface area contributed by atoms with Gasteiger partial charge in [-0.05, 0) is 17.7 Å². The first-order valence-electron chi connectivity index (χ1n) is 8.43. The van der Waals surface area contributed by atoms with Gasteiger partial charge in [-0.25, -0.2) is 0 Å². The fourth-order valence-corrected chi connectivity index (χ4v) is 3.38. The van der Waals surface area contributed by atoms with Gasteiger partial charge >= 0.3 is 0 Å². The molecule has 29 heavy (non-hydrogen) atoms. The van der Waals surface area contributed by atoms with Crippen molar-refractivity contribution in [2.45, 2.75) is 6.54 Å². The zero-order valence-electron chi connectivity index (χ0n) is 14.7. The number of nitro groups is 3. The second kappa shape index (κ2) is 6.68. The van der Waals surface area contributed by atoms with E-state index in [-0.39, 0.29) is 17.1 Å². The van der Waals surface area contributed by atoms with Crippen LogP contribution in [0.25, 0.3) is 21.8 Å². The summed E-state index contributed by atoms with van der Waals surface area (Å²) in [5.41, 5.74) is 1.87. The van der Waals surface area contributed by atoms with Crippen LogP contribution in [0.1, 0.15) is 5.56 Å². The summed E-state index contributed by atoms with van der Waals surface area (Å²) < 4.78 is 1.87. The first-order chi connectivity index (χ1) is 13.8. The van der Waals surface area contributed by atoms with Crippen LogP contribution in [0.4, 0.5) is 17.1 Å². The van der Waals surface area contributed by atoms with Crippen LogP contribution >= 0.6 is 0 Å². The highest BCUT2D eigenvalue weighted by molar-refractivity contribution is 6.09. The number of hydrogen-bond acceptors (Lipinski definition) is 6. The van der Waals surface area contributed by atoms with Crippen molar-refractivity contribution in [1.29, 1.82) is 0 Å². The highest BCUT2D eigenvalue weighted by Crippen LogP contribution is 2.34. The molecule has 0 spiro atoms. The summed E-state index contributed by atoms with van der Waals surface area (Å²) >= 11 is 0. The van der Waals surface area contributed by atoms with Crippen molar-refractivity contribution in [1.82, 2.24) is 4.57 Å². The van der Waals surface area contributed by atoms with Gasteiger partial charge in [0.2, 0.25) is 0 Å². The van der Waals surface area contributed by atoms with Crippen molar-refractivity contribution in [3.63, 3.8) is 0 Å². The quantitative estimate of drug-likeness (QED) is 0.361. The van der Waals surface area contributed by atoms with Crippen molar-refractivity contribution in [3.05, 3.63) is 96.6 Å². The molecule has 1 aromatic heterocycles. The van der Waals surface area contributed by atoms with Gasteiger partial charge in [0, 0.05) is 64.7 Å². The summed E-state index contributed by atoms with van der Waals surface area (Å²) in [7, 11) is 0. The van der Waals surface area contributed by atoms with Crippen molar-refractivity contribution in [3.8, 4) is 0 Å². The van der Waals surface area contributed by atoms with E-state index in [1.807, 2.05) is 4.57 Å². The van der Waals surface area contributed by atoms with Gasteiger partial charge in [-0.3, -0.25) is 30.3 Å². The molecule has 0 aliphatic carbocycles. The average molecular weight is 392 g/mol. The first kappa shape index (κ1) is 18.0. The molecule has 0 aliphatic heterocycles. The fraction of sp³-hybridized carbons (Fsp3) is 0.0526. The van der Waals surface area contributed by atoms with E-state index < -0.39 is 14.8 Å². The number of nitro benzene ring substituents is 3. The molecular weight excluding hydrogens is 380 g/mol. The normalized spacial score (nSPS) is 11.0. The summed E-state index contributed by atoms with van der Waals surface area (Å²) in [4.78, 5) is 31.7. The van der Waals surface area contributed by atoms with Crippen LogP contribution in [0, 0.1) is 30.3 Å². The third-order valence-electron chi connectivity index (χ3n) is 4.74. The van der Waals surface area contributed by atoms with Crippen LogP contribution in [0.2, 0.25) is 0 Å². The van der Waals surface area contributed by atoms with Gasteiger partial charge in [0.25, 0.3) is 17.1 Å². The molecule has 10 heteroatoms. The highest BCUT2D eigenvalue weighted by atomic mass is 16.6. The summed E-state index contributed by atoms with van der Waals surface area (Å²) in [6.07, 6.45) is 0. The predicted molar refractivity (Wildman–Crippen MR) is 105 cm³/mol. The van der Waals surface area contributed by atoms with Crippen LogP contribution in [0.5, 0.6) is 0 Å². The minimum absolute atomic E-state index is 0.0257. The molecule has 0 N–H and O–H groups in total. The average Bonchev–Trinajstić information content (AvgIpc) is 3.01. The fourth-order valence-electron chi connectivity index (χ4n) is 3.38. The molecule has 0 fully saturated rings. The number of fused-ring (bicyclic) bond motifs is 3. The molecule has 0 radical (unpaired) electrons. The second-order valence-electron chi connectivity index (χ2n) is 6.43. The molecule has 4 rings (SSSR count). The molecule has 144 valence electrons. The number of hydrogen-bond donors (Lipinski definition) is 0. The van der Waals surface area contributed by atoms with E-state index in [4.69, 9.17) is 0 Å². The maximum Gasteiger partial charge on any atom is 0.270 e. The Labute approximate surface area is 162 Å². The molecule has 0 bridgehead atoms. The maximum absolute atomic E-state index is 11.2. The largest absolute Gasteiger partial charge is 0.336 e. The molecule has 0 atom stereocenters. The molecule has 10 nitrogen and oxygen atoms in total. The highest BCUT2D eigenvalue weighted by Gasteiger charge is 2.18. The summed E-state index contributed by atoms with van der Waals surface area (Å²) in [6.45, 7) is 0.341. The molecule has 4 aromatic rings. The van der Waals surface area contributed by atoms with Crippen molar-refractivity contribution >= 4 is 38.9 Å². The van der Waals surface area contributed by atoms with E-state index >= 15 is 0 Å². The van der Waals surface area contributed by atoms with Gasteiger partial charge < -0.3 is 4.57 Å². The molecule has 0 saturated carbocycles. The van der Waals surface area contributed by atoms with Crippen molar-refractivity contribution < 1.29 is 14.8 Å². The van der Waals surface area contributed by atoms with E-state index in [2.05, 4.69) is 0 Å². The minimum Gasteiger partial charge on any atom is -0.336 e. The van der Waals surface area contributed by atoms with Gasteiger partial charge in [0.1, 0.15) is 0 Å². The van der Waals surface area contributed by atoms with Crippen molar-refractivity contribution in [2.75, 3.05) is 0 Å². The van der Waals surface area contributed by atoms with Gasteiger partial charge in [-0.1, -0.05) is 12.1 Å². The van der Waals surface area contributed by atoms with E-state index in [0.29, 0.717) is 28.4 Å². The van der Waals surface area contributed by atoms with E-state index in [0.717, 1.165) is 5.56 Å². The van der Waals surface area contributed by atoms with E-state index in [1.54, 1.807) is 24.3 Å². The number of benzene rings is 3. The van der Waals surface area contributed by atoms with Gasteiger partial charge in [-0.15, -0.1) is 0 Å². The third kappa shape index (κ3) is 3.12. The second-order valence-corrected chi connectivity index (χ2v) is 6.43. The smallest absolute Gasteiger partial charge is 0.270 e. The van der Waals surface area contributed by atoms with Crippen molar-refractivity contribution in [2.24, 2.45) is 0 Å². The Bertz CT molecular complexity index is 1240. The molecule has 1 heterocycles. The summed E-state index contributed by atoms with van der Waals surface area (Å²) in [5, 5.41) is 34.3. The van der Waals surface area contributed by atoms with E-state index in [1.165, 1.54) is 36.4 Å². The Morgan fingerprint density at radius 1 is 0.621 bits per heavy atom. The number of aromatic nitrogens is 1. The Hall–Kier alpha value is -4.34. The van der Waals surface area contributed by atoms with Crippen LogP contribution in [-0.4, -0.2) is 19.3 Å². The predicted octanol–water partition coefficient (Wildman–Crippen LogP) is 4.57. The zero-order valence-corrected chi connectivity index (χ0v) is 14.7. The number of non-ortho nitro benzene ring substituents is 3. The van der Waals surface area contributed by atoms with Crippen LogP contribution in [0.3, 0.4) is 0 Å². The number of rotatable bonds is 5. The Kier molecular flexibility index (Phi) is 4.15. The lowest BCUT2D eigenvalue weighted by atomic mass is 10.1. The molecule has 0 aliphatic rings. The Balaban J connectivity index is 1.92.